The molecule has 0 atom stereocenters. The minimum Gasteiger partial charge on any atom is -0.454 e. The van der Waals surface area contributed by atoms with Gasteiger partial charge in [0.1, 0.15) is 5.58 Å². The minimum absolute atomic E-state index is 0.863. The second-order valence-electron chi connectivity index (χ2n) is 17.7. The standard InChI is InChI=1S/C66H44N2O/c1-3-15-45(16-4-1)46-31-36-56(37-32-46)67(64-29-14-27-60-59-26-8-10-30-65(59)69-66(60)64)57-38-33-47(34-39-57)48-17-11-18-49(41-48)50-19-12-20-51(42-50)52-21-13-22-53(43-52)54-35-40-63-61(44-54)58-25-7-9-28-62(58)68(63)55-23-5-2-6-24-55/h1-44H. The van der Waals surface area contributed by atoms with Crippen LogP contribution in [0.5, 0.6) is 0 Å². The third kappa shape index (κ3) is 7.25. The average Bonchev–Trinajstić information content (AvgIpc) is 3.98. The highest BCUT2D eigenvalue weighted by Crippen LogP contribution is 2.43. The Morgan fingerprint density at radius 3 is 1.32 bits per heavy atom. The number of nitrogens with zero attached hydrogens (tertiary/aromatic N) is 2. The average molecular weight is 881 g/mol. The molecule has 0 amide bonds. The van der Waals surface area contributed by atoms with E-state index in [4.69, 9.17) is 4.42 Å². The first-order valence-electron chi connectivity index (χ1n) is 23.6. The molecule has 0 saturated carbocycles. The largest absolute Gasteiger partial charge is 0.454 e. The molecule has 3 nitrogen and oxygen atoms in total. The van der Waals surface area contributed by atoms with Gasteiger partial charge in [-0.2, -0.15) is 0 Å². The van der Waals surface area contributed by atoms with Gasteiger partial charge in [0.25, 0.3) is 0 Å². The van der Waals surface area contributed by atoms with E-state index in [-0.39, 0.29) is 0 Å². The fourth-order valence-corrected chi connectivity index (χ4v) is 10.2. The lowest BCUT2D eigenvalue weighted by Gasteiger charge is -2.26. The Balaban J connectivity index is 0.817. The maximum atomic E-state index is 6.61. The molecule has 13 rings (SSSR count). The van der Waals surface area contributed by atoms with Gasteiger partial charge in [-0.1, -0.05) is 182 Å². The number of benzene rings is 11. The number of fused-ring (bicyclic) bond motifs is 6. The predicted octanol–water partition coefficient (Wildman–Crippen LogP) is 18.5. The smallest absolute Gasteiger partial charge is 0.159 e. The van der Waals surface area contributed by atoms with Crippen LogP contribution in [0.3, 0.4) is 0 Å². The lowest BCUT2D eigenvalue weighted by Crippen LogP contribution is -2.10. The highest BCUT2D eigenvalue weighted by atomic mass is 16.3. The lowest BCUT2D eigenvalue weighted by molar-refractivity contribution is 0.669. The first kappa shape index (κ1) is 40.1. The van der Waals surface area contributed by atoms with Crippen molar-refractivity contribution in [2.24, 2.45) is 0 Å². The molecule has 0 bridgehead atoms. The van der Waals surface area contributed by atoms with E-state index in [2.05, 4.69) is 264 Å². The van der Waals surface area contributed by atoms with Crippen molar-refractivity contribution < 1.29 is 4.42 Å². The summed E-state index contributed by atoms with van der Waals surface area (Å²) in [4.78, 5) is 2.31. The molecule has 0 aliphatic carbocycles. The summed E-state index contributed by atoms with van der Waals surface area (Å²) in [6, 6.07) is 96.0. The Kier molecular flexibility index (Phi) is 9.84. The van der Waals surface area contributed by atoms with Crippen LogP contribution in [-0.4, -0.2) is 4.57 Å². The van der Waals surface area contributed by atoms with Crippen molar-refractivity contribution in [2.45, 2.75) is 0 Å². The minimum atomic E-state index is 0.863. The third-order valence-electron chi connectivity index (χ3n) is 13.6. The number of furan rings is 1. The topological polar surface area (TPSA) is 21.3 Å². The number of hydrogen-bond acceptors (Lipinski definition) is 2. The summed E-state index contributed by atoms with van der Waals surface area (Å²) < 4.78 is 8.98. The van der Waals surface area contributed by atoms with E-state index < -0.39 is 0 Å². The highest BCUT2D eigenvalue weighted by Gasteiger charge is 2.20. The molecule has 0 radical (unpaired) electrons. The molecule has 0 spiro atoms. The number of aromatic nitrogens is 1. The Morgan fingerprint density at radius 2 is 0.696 bits per heavy atom. The van der Waals surface area contributed by atoms with Gasteiger partial charge in [0.15, 0.2) is 5.58 Å². The molecule has 2 heterocycles. The number of anilines is 3. The van der Waals surface area contributed by atoms with Crippen molar-refractivity contribution >= 4 is 60.8 Å². The zero-order valence-corrected chi connectivity index (χ0v) is 37.7. The van der Waals surface area contributed by atoms with Crippen LogP contribution in [0.15, 0.2) is 271 Å². The zero-order chi connectivity index (χ0) is 45.7. The van der Waals surface area contributed by atoms with Gasteiger partial charge in [-0.05, 0) is 141 Å². The summed E-state index contributed by atoms with van der Waals surface area (Å²) in [6.07, 6.45) is 0. The van der Waals surface area contributed by atoms with Crippen molar-refractivity contribution in [3.8, 4) is 61.3 Å². The summed E-state index contributed by atoms with van der Waals surface area (Å²) in [5.41, 5.74) is 20.2. The van der Waals surface area contributed by atoms with Crippen LogP contribution in [-0.2, 0) is 0 Å². The summed E-state index contributed by atoms with van der Waals surface area (Å²) in [5.74, 6) is 0. The Bertz CT molecular complexity index is 4000. The van der Waals surface area contributed by atoms with Gasteiger partial charge >= 0.3 is 0 Å². The molecule has 0 aliphatic rings. The summed E-state index contributed by atoms with van der Waals surface area (Å²) in [7, 11) is 0. The maximum Gasteiger partial charge on any atom is 0.159 e. The third-order valence-corrected chi connectivity index (χ3v) is 13.6. The number of para-hydroxylation sites is 4. The van der Waals surface area contributed by atoms with Gasteiger partial charge < -0.3 is 13.9 Å². The van der Waals surface area contributed by atoms with E-state index >= 15 is 0 Å². The molecule has 0 N–H and O–H groups in total. The SMILES string of the molecule is c1ccc(-c2ccc(N(c3ccc(-c4cccc(-c5cccc(-c6cccc(-c7ccc8c(c7)c7ccccc7n8-c7ccccc7)c6)c5)c4)cc3)c3cccc4c3oc3ccccc34)cc2)cc1. The molecule has 0 unspecified atom stereocenters. The Labute approximate surface area is 401 Å². The van der Waals surface area contributed by atoms with Crippen LogP contribution in [0, 0.1) is 0 Å². The molecule has 13 aromatic rings. The zero-order valence-electron chi connectivity index (χ0n) is 37.7. The maximum absolute atomic E-state index is 6.61. The molecule has 2 aromatic heterocycles. The van der Waals surface area contributed by atoms with E-state index in [0.29, 0.717) is 0 Å². The molecule has 0 aliphatic heterocycles. The van der Waals surface area contributed by atoms with Gasteiger partial charge in [-0.15, -0.1) is 0 Å². The molecule has 69 heavy (non-hydrogen) atoms. The fourth-order valence-electron chi connectivity index (χ4n) is 10.2. The second kappa shape index (κ2) is 16.9. The molecule has 0 saturated heterocycles. The van der Waals surface area contributed by atoms with Gasteiger partial charge in [0, 0.05) is 38.6 Å². The molecule has 324 valence electrons. The lowest BCUT2D eigenvalue weighted by atomic mass is 9.94. The highest BCUT2D eigenvalue weighted by molar-refractivity contribution is 6.11. The Hall–Kier alpha value is -9.18. The predicted molar refractivity (Wildman–Crippen MR) is 290 cm³/mol. The molecule has 0 fully saturated rings. The first-order valence-corrected chi connectivity index (χ1v) is 23.6. The van der Waals surface area contributed by atoms with Crippen LogP contribution < -0.4 is 4.90 Å². The van der Waals surface area contributed by atoms with E-state index in [1.54, 1.807) is 0 Å². The van der Waals surface area contributed by atoms with Crippen molar-refractivity contribution in [2.75, 3.05) is 4.90 Å². The summed E-state index contributed by atoms with van der Waals surface area (Å²) >= 11 is 0. The normalized spacial score (nSPS) is 11.5. The quantitative estimate of drug-likeness (QED) is 0.144. The van der Waals surface area contributed by atoms with E-state index in [0.717, 1.165) is 50.1 Å². The molecular weight excluding hydrogens is 837 g/mol. The van der Waals surface area contributed by atoms with Crippen molar-refractivity contribution in [3.05, 3.63) is 267 Å². The summed E-state index contributed by atoms with van der Waals surface area (Å²) in [6.45, 7) is 0. The summed E-state index contributed by atoms with van der Waals surface area (Å²) in [5, 5.41) is 4.71. The van der Waals surface area contributed by atoms with Gasteiger partial charge in [0.2, 0.25) is 0 Å². The van der Waals surface area contributed by atoms with Crippen molar-refractivity contribution in [1.82, 2.24) is 4.57 Å². The van der Waals surface area contributed by atoms with E-state index in [9.17, 15) is 0 Å². The van der Waals surface area contributed by atoms with Gasteiger partial charge in [-0.3, -0.25) is 0 Å². The van der Waals surface area contributed by atoms with Gasteiger partial charge in [0.05, 0.1) is 16.7 Å². The number of hydrogen-bond donors (Lipinski definition) is 0. The van der Waals surface area contributed by atoms with Crippen LogP contribution in [0.1, 0.15) is 0 Å². The van der Waals surface area contributed by atoms with Crippen LogP contribution in [0.4, 0.5) is 17.1 Å². The molecular formula is C66H44N2O. The monoisotopic (exact) mass is 880 g/mol. The number of rotatable bonds is 9. The van der Waals surface area contributed by atoms with E-state index in [1.165, 1.54) is 72.0 Å². The Morgan fingerprint density at radius 1 is 0.275 bits per heavy atom. The van der Waals surface area contributed by atoms with Crippen LogP contribution in [0.25, 0.3) is 105 Å². The first-order chi connectivity index (χ1) is 34.2. The second-order valence-corrected chi connectivity index (χ2v) is 17.7. The van der Waals surface area contributed by atoms with E-state index in [1.807, 2.05) is 12.1 Å². The van der Waals surface area contributed by atoms with Crippen LogP contribution >= 0.6 is 0 Å². The van der Waals surface area contributed by atoms with Gasteiger partial charge in [-0.25, -0.2) is 0 Å². The van der Waals surface area contributed by atoms with Crippen molar-refractivity contribution in [1.29, 1.82) is 0 Å². The van der Waals surface area contributed by atoms with Crippen molar-refractivity contribution in [3.63, 3.8) is 0 Å². The molecule has 3 heteroatoms. The fraction of sp³-hybridized carbons (Fsp3) is 0. The molecule has 11 aromatic carbocycles. The van der Waals surface area contributed by atoms with Crippen LogP contribution in [0.2, 0.25) is 0 Å².